The monoisotopic (exact) mass is 319 g/mol. The molecular weight excluding hydrogens is 290 g/mol. The van der Waals surface area contributed by atoms with Crippen LogP contribution in [0.4, 0.5) is 0 Å². The lowest BCUT2D eigenvalue weighted by Crippen LogP contribution is -2.51. The van der Waals surface area contributed by atoms with E-state index in [0.29, 0.717) is 19.4 Å². The first-order valence-electron chi connectivity index (χ1n) is 7.82. The molecule has 0 spiro atoms. The fourth-order valence-electron chi connectivity index (χ4n) is 2.58. The number of likely N-dealkylation sites (tertiary alicyclic amines) is 1. The Morgan fingerprint density at radius 1 is 1.38 bits per heavy atom. The van der Waals surface area contributed by atoms with Crippen LogP contribution in [0.5, 0.6) is 0 Å². The van der Waals surface area contributed by atoms with Crippen LogP contribution >= 0.6 is 12.4 Å². The molecule has 0 saturated carbocycles. The van der Waals surface area contributed by atoms with Crippen molar-refractivity contribution in [2.45, 2.75) is 64.3 Å². The molecule has 3 N–H and O–H groups in total. The average molecular weight is 320 g/mol. The molecule has 0 aliphatic carbocycles. The maximum atomic E-state index is 11.9. The minimum Gasteiger partial charge on any atom is -0.354 e. The quantitative estimate of drug-likeness (QED) is 0.703. The summed E-state index contributed by atoms with van der Waals surface area (Å²) in [6, 6.07) is 0. The number of hydrogen-bond donors (Lipinski definition) is 2. The predicted octanol–water partition coefficient (Wildman–Crippen LogP) is 1.83. The molecular formula is C15H30ClN3O2. The van der Waals surface area contributed by atoms with Crippen molar-refractivity contribution in [3.8, 4) is 0 Å². The van der Waals surface area contributed by atoms with Crippen LogP contribution in [0.3, 0.4) is 0 Å². The van der Waals surface area contributed by atoms with Gasteiger partial charge in [0.15, 0.2) is 0 Å². The van der Waals surface area contributed by atoms with Gasteiger partial charge in [-0.1, -0.05) is 19.8 Å². The molecule has 1 fully saturated rings. The fraction of sp³-hybridized carbons (Fsp3) is 0.867. The second-order valence-electron chi connectivity index (χ2n) is 5.97. The highest BCUT2D eigenvalue weighted by atomic mass is 35.5. The number of nitrogens with one attached hydrogen (secondary N) is 1. The summed E-state index contributed by atoms with van der Waals surface area (Å²) in [6.07, 6.45) is 6.28. The van der Waals surface area contributed by atoms with Crippen LogP contribution in [-0.4, -0.2) is 41.9 Å². The van der Waals surface area contributed by atoms with E-state index >= 15 is 0 Å². The number of rotatable bonds is 7. The van der Waals surface area contributed by atoms with Crippen LogP contribution in [-0.2, 0) is 9.59 Å². The Hall–Kier alpha value is -0.810. The normalized spacial score (nSPS) is 18.4. The summed E-state index contributed by atoms with van der Waals surface area (Å²) in [5.41, 5.74) is 5.18. The van der Waals surface area contributed by atoms with Gasteiger partial charge in [0, 0.05) is 26.1 Å². The molecule has 6 heteroatoms. The lowest BCUT2D eigenvalue weighted by molar-refractivity contribution is -0.130. The second-order valence-corrected chi connectivity index (χ2v) is 5.97. The van der Waals surface area contributed by atoms with Gasteiger partial charge in [-0.3, -0.25) is 9.59 Å². The molecule has 0 bridgehead atoms. The lowest BCUT2D eigenvalue weighted by Gasteiger charge is -2.24. The first-order valence-corrected chi connectivity index (χ1v) is 7.82. The first-order chi connectivity index (χ1) is 9.47. The molecule has 1 unspecified atom stereocenters. The van der Waals surface area contributed by atoms with E-state index in [1.165, 1.54) is 0 Å². The Labute approximate surface area is 134 Å². The number of carbonyl (C=O) groups is 2. The maximum absolute atomic E-state index is 11.9. The summed E-state index contributed by atoms with van der Waals surface area (Å²) in [5, 5.41) is 2.88. The van der Waals surface area contributed by atoms with Gasteiger partial charge >= 0.3 is 0 Å². The standard InChI is InChI=1S/C15H29N3O2.ClH/c1-3-9-15(2,16)14(20)17-10-7-12-18-11-6-4-5-8-13(18)19;/h3-12,16H2,1-2H3,(H,17,20);1H. The highest BCUT2D eigenvalue weighted by Crippen LogP contribution is 2.11. The van der Waals surface area contributed by atoms with Crippen molar-refractivity contribution in [1.82, 2.24) is 10.2 Å². The number of carbonyl (C=O) groups excluding carboxylic acids is 2. The average Bonchev–Trinajstić information content (AvgIpc) is 2.59. The summed E-state index contributed by atoms with van der Waals surface area (Å²) in [5.74, 6) is 0.157. The van der Waals surface area contributed by atoms with E-state index in [1.807, 2.05) is 11.8 Å². The van der Waals surface area contributed by atoms with Crippen molar-refractivity contribution in [2.24, 2.45) is 5.73 Å². The Bertz CT molecular complexity index is 335. The molecule has 2 amide bonds. The van der Waals surface area contributed by atoms with Crippen molar-refractivity contribution < 1.29 is 9.59 Å². The predicted molar refractivity (Wildman–Crippen MR) is 87.4 cm³/mol. The van der Waals surface area contributed by atoms with Crippen LogP contribution < -0.4 is 11.1 Å². The van der Waals surface area contributed by atoms with Crippen LogP contribution in [0.15, 0.2) is 0 Å². The third-order valence-corrected chi connectivity index (χ3v) is 3.85. The van der Waals surface area contributed by atoms with Gasteiger partial charge < -0.3 is 16.0 Å². The molecule has 0 aromatic rings. The Balaban J connectivity index is 0.00000400. The highest BCUT2D eigenvalue weighted by molar-refractivity contribution is 5.85. The Morgan fingerprint density at radius 2 is 2.10 bits per heavy atom. The first kappa shape index (κ1) is 20.2. The van der Waals surface area contributed by atoms with E-state index < -0.39 is 5.54 Å². The molecule has 5 nitrogen and oxygen atoms in total. The fourth-order valence-corrected chi connectivity index (χ4v) is 2.58. The SMILES string of the molecule is CCCC(C)(N)C(=O)NCCCN1CCCCCC1=O.Cl. The van der Waals surface area contributed by atoms with Gasteiger partial charge in [-0.15, -0.1) is 12.4 Å². The van der Waals surface area contributed by atoms with Gasteiger partial charge in [-0.25, -0.2) is 0 Å². The molecule has 0 aromatic heterocycles. The van der Waals surface area contributed by atoms with Gasteiger partial charge in [0.25, 0.3) is 0 Å². The zero-order chi connectivity index (χ0) is 15.0. The Kier molecular flexibility index (Phi) is 9.62. The van der Waals surface area contributed by atoms with Crippen LogP contribution in [0, 0.1) is 0 Å². The highest BCUT2D eigenvalue weighted by Gasteiger charge is 2.26. The van der Waals surface area contributed by atoms with E-state index in [-0.39, 0.29) is 24.2 Å². The number of nitrogens with two attached hydrogens (primary N) is 1. The smallest absolute Gasteiger partial charge is 0.239 e. The van der Waals surface area contributed by atoms with E-state index in [9.17, 15) is 9.59 Å². The minimum atomic E-state index is -0.785. The molecule has 1 aliphatic rings. The molecule has 1 atom stereocenters. The summed E-state index contributed by atoms with van der Waals surface area (Å²) >= 11 is 0. The molecule has 1 rings (SSSR count). The molecule has 0 radical (unpaired) electrons. The lowest BCUT2D eigenvalue weighted by atomic mass is 9.96. The van der Waals surface area contributed by atoms with Gasteiger partial charge in [0.1, 0.15) is 0 Å². The second kappa shape index (κ2) is 10.0. The van der Waals surface area contributed by atoms with E-state index in [1.54, 1.807) is 6.92 Å². The largest absolute Gasteiger partial charge is 0.354 e. The summed E-state index contributed by atoms with van der Waals surface area (Å²) in [7, 11) is 0. The van der Waals surface area contributed by atoms with E-state index in [2.05, 4.69) is 5.32 Å². The molecule has 21 heavy (non-hydrogen) atoms. The van der Waals surface area contributed by atoms with Crippen molar-refractivity contribution in [1.29, 1.82) is 0 Å². The molecule has 1 aliphatic heterocycles. The number of hydrogen-bond acceptors (Lipinski definition) is 3. The third-order valence-electron chi connectivity index (χ3n) is 3.85. The van der Waals surface area contributed by atoms with Crippen molar-refractivity contribution in [3.63, 3.8) is 0 Å². The molecule has 1 saturated heterocycles. The van der Waals surface area contributed by atoms with Crippen LogP contribution in [0.2, 0.25) is 0 Å². The van der Waals surface area contributed by atoms with Gasteiger partial charge in [0.05, 0.1) is 5.54 Å². The van der Waals surface area contributed by atoms with Crippen molar-refractivity contribution in [3.05, 3.63) is 0 Å². The summed E-state index contributed by atoms with van der Waals surface area (Å²) in [6.45, 7) is 5.96. The molecule has 0 aromatic carbocycles. The number of amides is 2. The van der Waals surface area contributed by atoms with Crippen LogP contribution in [0.1, 0.15) is 58.8 Å². The minimum absolute atomic E-state index is 0. The van der Waals surface area contributed by atoms with Crippen LogP contribution in [0.25, 0.3) is 0 Å². The van der Waals surface area contributed by atoms with E-state index in [0.717, 1.165) is 45.2 Å². The van der Waals surface area contributed by atoms with Gasteiger partial charge in [-0.2, -0.15) is 0 Å². The number of nitrogens with zero attached hydrogens (tertiary/aromatic N) is 1. The zero-order valence-corrected chi connectivity index (χ0v) is 14.1. The zero-order valence-electron chi connectivity index (χ0n) is 13.3. The molecule has 124 valence electrons. The topological polar surface area (TPSA) is 75.4 Å². The molecule has 1 heterocycles. The van der Waals surface area contributed by atoms with Crippen molar-refractivity contribution in [2.75, 3.05) is 19.6 Å². The third kappa shape index (κ3) is 7.14. The van der Waals surface area contributed by atoms with Gasteiger partial charge in [0.2, 0.25) is 11.8 Å². The maximum Gasteiger partial charge on any atom is 0.239 e. The van der Waals surface area contributed by atoms with Gasteiger partial charge in [-0.05, 0) is 32.6 Å². The number of halogens is 1. The van der Waals surface area contributed by atoms with E-state index in [4.69, 9.17) is 5.73 Å². The Morgan fingerprint density at radius 3 is 2.76 bits per heavy atom. The van der Waals surface area contributed by atoms with Crippen molar-refractivity contribution >= 4 is 24.2 Å². The summed E-state index contributed by atoms with van der Waals surface area (Å²) in [4.78, 5) is 25.6. The summed E-state index contributed by atoms with van der Waals surface area (Å²) < 4.78 is 0.